The van der Waals surface area contributed by atoms with Crippen LogP contribution in [0.1, 0.15) is 24.6 Å². The van der Waals surface area contributed by atoms with E-state index in [9.17, 15) is 0 Å². The minimum atomic E-state index is 0.731. The van der Waals surface area contributed by atoms with Gasteiger partial charge >= 0.3 is 0 Å². The summed E-state index contributed by atoms with van der Waals surface area (Å²) >= 11 is 9.50. The number of hydrogen-bond donors (Lipinski definition) is 0. The molecule has 1 aromatic carbocycles. The molecule has 0 unspecified atom stereocenters. The highest BCUT2D eigenvalue weighted by Gasteiger charge is 2.20. The molecule has 0 saturated heterocycles. The zero-order chi connectivity index (χ0) is 22.9. The molecule has 3 aromatic heterocycles. The van der Waals surface area contributed by atoms with E-state index < -0.39 is 0 Å². The van der Waals surface area contributed by atoms with E-state index >= 15 is 0 Å². The largest absolute Gasteiger partial charge is 0.305 e. The van der Waals surface area contributed by atoms with E-state index in [4.69, 9.17) is 21.6 Å². The third-order valence-electron chi connectivity index (χ3n) is 6.04. The first-order valence-electron chi connectivity index (χ1n) is 11.0. The van der Waals surface area contributed by atoms with E-state index in [1.807, 2.05) is 36.2 Å². The normalized spacial score (nSPS) is 14.6. The molecule has 0 fully saturated rings. The number of pyridine rings is 1. The average Bonchev–Trinajstić information content (AvgIpc) is 3.49. The molecule has 0 radical (unpaired) electrons. The summed E-state index contributed by atoms with van der Waals surface area (Å²) in [7, 11) is 2.08. The lowest BCUT2D eigenvalue weighted by Crippen LogP contribution is -2.21. The molecule has 8 heteroatoms. The number of aryl methyl sites for hydroxylation is 1. The summed E-state index contributed by atoms with van der Waals surface area (Å²) in [5.74, 6) is 1.08. The van der Waals surface area contributed by atoms with Crippen molar-refractivity contribution in [3.63, 3.8) is 0 Å². The maximum Gasteiger partial charge on any atom is 0.191 e. The molecule has 170 valence electrons. The van der Waals surface area contributed by atoms with Crippen molar-refractivity contribution in [3.8, 4) is 11.3 Å². The van der Waals surface area contributed by atoms with Crippen LogP contribution >= 0.6 is 34.9 Å². The molecule has 0 aliphatic carbocycles. The molecule has 0 bridgehead atoms. The standard InChI is InChI=1S/C25H26ClN5S2/c1-4-21-24(29(2)25-28-22(16-33-25)18-5-8-20(26)9-6-18)31-15-19(7-10-23(31)27-21)17-11-13-30(32-3)14-12-17/h5-11,15-16H,4,12-14H2,1-3H3. The van der Waals surface area contributed by atoms with Crippen LogP contribution in [0.4, 0.5) is 10.9 Å². The highest BCUT2D eigenvalue weighted by atomic mass is 35.5. The fourth-order valence-electron chi connectivity index (χ4n) is 4.20. The third kappa shape index (κ3) is 4.43. The van der Waals surface area contributed by atoms with Crippen LogP contribution in [0, 0.1) is 0 Å². The van der Waals surface area contributed by atoms with Crippen LogP contribution in [0.2, 0.25) is 5.02 Å². The van der Waals surface area contributed by atoms with Crippen molar-refractivity contribution in [3.05, 3.63) is 70.3 Å². The lowest BCUT2D eigenvalue weighted by molar-refractivity contribution is 0.518. The minimum Gasteiger partial charge on any atom is -0.305 e. The van der Waals surface area contributed by atoms with E-state index in [-0.39, 0.29) is 0 Å². The molecule has 4 heterocycles. The highest BCUT2D eigenvalue weighted by Crippen LogP contribution is 2.35. The van der Waals surface area contributed by atoms with Gasteiger partial charge in [-0.3, -0.25) is 4.40 Å². The zero-order valence-corrected chi connectivity index (χ0v) is 21.3. The molecule has 0 atom stereocenters. The van der Waals surface area contributed by atoms with Gasteiger partial charge in [-0.1, -0.05) is 48.7 Å². The number of nitrogens with zero attached hydrogens (tertiary/aromatic N) is 5. The minimum absolute atomic E-state index is 0.731. The van der Waals surface area contributed by atoms with Crippen molar-refractivity contribution in [1.29, 1.82) is 0 Å². The molecule has 0 spiro atoms. The summed E-state index contributed by atoms with van der Waals surface area (Å²) in [5.41, 5.74) is 6.73. The van der Waals surface area contributed by atoms with Gasteiger partial charge in [-0.25, -0.2) is 14.3 Å². The molecule has 1 aliphatic rings. The van der Waals surface area contributed by atoms with Crippen LogP contribution in [0.3, 0.4) is 0 Å². The zero-order valence-electron chi connectivity index (χ0n) is 19.0. The Bertz CT molecular complexity index is 1310. The van der Waals surface area contributed by atoms with Gasteiger partial charge in [0.25, 0.3) is 0 Å². The first-order chi connectivity index (χ1) is 16.1. The van der Waals surface area contributed by atoms with Gasteiger partial charge in [0.15, 0.2) is 5.13 Å². The summed E-state index contributed by atoms with van der Waals surface area (Å²) in [6.07, 6.45) is 8.64. The van der Waals surface area contributed by atoms with Crippen molar-refractivity contribution in [1.82, 2.24) is 18.7 Å². The van der Waals surface area contributed by atoms with E-state index in [0.717, 1.165) is 64.5 Å². The molecular weight excluding hydrogens is 470 g/mol. The number of fused-ring (bicyclic) bond motifs is 1. The van der Waals surface area contributed by atoms with Crippen molar-refractivity contribution >= 4 is 57.1 Å². The lowest BCUT2D eigenvalue weighted by atomic mass is 10.0. The van der Waals surface area contributed by atoms with Gasteiger partial charge in [0.05, 0.1) is 11.4 Å². The molecule has 0 amide bonds. The Hall–Kier alpha value is -2.32. The fraction of sp³-hybridized carbons (Fsp3) is 0.280. The Balaban J connectivity index is 1.51. The fourth-order valence-corrected chi connectivity index (χ4v) is 5.63. The molecule has 5 rings (SSSR count). The molecule has 0 N–H and O–H groups in total. The molecular formula is C25H26ClN5S2. The van der Waals surface area contributed by atoms with Gasteiger partial charge < -0.3 is 4.90 Å². The SMILES string of the molecule is CCc1nc2ccc(C3=CCN(SC)CC3)cn2c1N(C)c1nc(-c2ccc(Cl)cc2)cs1. The molecule has 33 heavy (non-hydrogen) atoms. The smallest absolute Gasteiger partial charge is 0.191 e. The summed E-state index contributed by atoms with van der Waals surface area (Å²) in [5, 5.41) is 3.77. The molecule has 4 aromatic rings. The van der Waals surface area contributed by atoms with Crippen LogP contribution < -0.4 is 4.90 Å². The van der Waals surface area contributed by atoms with Crippen LogP contribution in [0.5, 0.6) is 0 Å². The van der Waals surface area contributed by atoms with Crippen LogP contribution in [0.15, 0.2) is 54.1 Å². The number of benzene rings is 1. The number of anilines is 2. The quantitative estimate of drug-likeness (QED) is 0.275. The van der Waals surface area contributed by atoms with Crippen molar-refractivity contribution in [2.75, 3.05) is 31.3 Å². The Morgan fingerprint density at radius 1 is 1.12 bits per heavy atom. The summed E-state index contributed by atoms with van der Waals surface area (Å²) in [6, 6.07) is 12.2. The van der Waals surface area contributed by atoms with Crippen molar-refractivity contribution in [2.45, 2.75) is 19.8 Å². The van der Waals surface area contributed by atoms with Crippen LogP contribution in [-0.2, 0) is 6.42 Å². The van der Waals surface area contributed by atoms with E-state index in [1.54, 1.807) is 11.3 Å². The van der Waals surface area contributed by atoms with Crippen LogP contribution in [0.25, 0.3) is 22.5 Å². The predicted octanol–water partition coefficient (Wildman–Crippen LogP) is 6.81. The highest BCUT2D eigenvalue weighted by molar-refractivity contribution is 7.96. The van der Waals surface area contributed by atoms with E-state index in [1.165, 1.54) is 11.1 Å². The maximum atomic E-state index is 6.05. The number of aromatic nitrogens is 3. The van der Waals surface area contributed by atoms with Crippen molar-refractivity contribution in [2.24, 2.45) is 0 Å². The Morgan fingerprint density at radius 2 is 1.91 bits per heavy atom. The van der Waals surface area contributed by atoms with Gasteiger partial charge in [0.1, 0.15) is 11.5 Å². The molecule has 5 nitrogen and oxygen atoms in total. The molecule has 1 aliphatic heterocycles. The van der Waals surface area contributed by atoms with Gasteiger partial charge in [-0.05, 0) is 54.5 Å². The number of thiazole rings is 1. The maximum absolute atomic E-state index is 6.05. The number of halogens is 1. The van der Waals surface area contributed by atoms with Gasteiger partial charge in [0.2, 0.25) is 0 Å². The predicted molar refractivity (Wildman–Crippen MR) is 143 cm³/mol. The lowest BCUT2D eigenvalue weighted by Gasteiger charge is -2.24. The number of hydrogen-bond acceptors (Lipinski definition) is 6. The second-order valence-corrected chi connectivity index (χ2v) is 10.2. The monoisotopic (exact) mass is 495 g/mol. The van der Waals surface area contributed by atoms with Gasteiger partial charge in [-0.2, -0.15) is 0 Å². The first kappa shape index (κ1) is 22.5. The topological polar surface area (TPSA) is 36.7 Å². The van der Waals surface area contributed by atoms with Gasteiger partial charge in [-0.15, -0.1) is 11.3 Å². The summed E-state index contributed by atoms with van der Waals surface area (Å²) in [4.78, 5) is 12.0. The second kappa shape index (κ2) is 9.50. The Kier molecular flexibility index (Phi) is 6.47. The summed E-state index contributed by atoms with van der Waals surface area (Å²) in [6.45, 7) is 4.22. The Morgan fingerprint density at radius 3 is 2.61 bits per heavy atom. The van der Waals surface area contributed by atoms with E-state index in [2.05, 4.69) is 63.6 Å². The van der Waals surface area contributed by atoms with E-state index in [0.29, 0.717) is 0 Å². The van der Waals surface area contributed by atoms with Crippen molar-refractivity contribution < 1.29 is 0 Å². The first-order valence-corrected chi connectivity index (χ1v) is 13.5. The summed E-state index contributed by atoms with van der Waals surface area (Å²) < 4.78 is 4.60. The van der Waals surface area contributed by atoms with Crippen LogP contribution in [-0.4, -0.2) is 45.1 Å². The third-order valence-corrected chi connectivity index (χ3v) is 8.05. The number of imidazole rings is 1. The van der Waals surface area contributed by atoms with Gasteiger partial charge in [0, 0.05) is 42.3 Å². The number of rotatable bonds is 6. The average molecular weight is 496 g/mol. The Labute approximate surface area is 207 Å². The second-order valence-electron chi connectivity index (χ2n) is 8.01. The molecule has 0 saturated carbocycles.